The summed E-state index contributed by atoms with van der Waals surface area (Å²) in [5.74, 6) is 0.658. The van der Waals surface area contributed by atoms with E-state index in [1.54, 1.807) is 13.0 Å². The Kier molecular flexibility index (Phi) is 5.83. The number of aryl methyl sites for hydroxylation is 1. The number of rotatable bonds is 3. The minimum absolute atomic E-state index is 0. The van der Waals surface area contributed by atoms with E-state index in [1.165, 1.54) is 0 Å². The van der Waals surface area contributed by atoms with E-state index in [2.05, 4.69) is 46.5 Å². The molecule has 28 heavy (non-hydrogen) atoms. The fraction of sp³-hybridized carbons (Fsp3) is 0.0588. The van der Waals surface area contributed by atoms with Crippen molar-refractivity contribution in [1.29, 1.82) is 0 Å². The minimum Gasteiger partial charge on any atom is -0.406 e. The van der Waals surface area contributed by atoms with Crippen molar-refractivity contribution in [2.45, 2.75) is 6.92 Å². The average molecular weight is 384 g/mol. The quantitative estimate of drug-likeness (QED) is 0.233. The van der Waals surface area contributed by atoms with Crippen LogP contribution in [-0.4, -0.2) is 29.9 Å². The summed E-state index contributed by atoms with van der Waals surface area (Å²) >= 11 is 0. The number of fused-ring (bicyclic) bond motifs is 1. The Morgan fingerprint density at radius 2 is 1.82 bits per heavy atom. The number of aromatic nitrogens is 6. The minimum atomic E-state index is -0.479. The molecular weight excluding hydrogens is 371 g/mol. The number of hydrogen-bond acceptors (Lipinski definition) is 7. The number of aromatic amines is 3. The van der Waals surface area contributed by atoms with Gasteiger partial charge < -0.3 is 25.1 Å². The summed E-state index contributed by atoms with van der Waals surface area (Å²) < 4.78 is 0. The average Bonchev–Trinajstić information content (AvgIpc) is 2.62. The first-order valence-electron chi connectivity index (χ1n) is 7.94. The normalized spacial score (nSPS) is 11.2. The van der Waals surface area contributed by atoms with Gasteiger partial charge in [-0.15, -0.1) is 0 Å². The van der Waals surface area contributed by atoms with Crippen LogP contribution in [0.4, 0.5) is 17.3 Å². The summed E-state index contributed by atoms with van der Waals surface area (Å²) in [6.45, 7) is 1.68. The molecule has 0 saturated heterocycles. The number of nitrogens with zero attached hydrogens (tertiary/aromatic N) is 4. The predicted molar refractivity (Wildman–Crippen MR) is 97.9 cm³/mol. The van der Waals surface area contributed by atoms with E-state index >= 15 is 0 Å². The fourth-order valence-electron chi connectivity index (χ4n) is 2.63. The van der Waals surface area contributed by atoms with Gasteiger partial charge in [-0.1, -0.05) is 24.3 Å². The Labute approximate surface area is 179 Å². The zero-order valence-electron chi connectivity index (χ0n) is 15.1. The molecule has 11 heteroatoms. The molecule has 0 radical (unpaired) electrons. The van der Waals surface area contributed by atoms with Crippen LogP contribution < -0.4 is 51.9 Å². The van der Waals surface area contributed by atoms with Gasteiger partial charge in [-0.2, -0.15) is 9.97 Å². The smallest absolute Gasteiger partial charge is 0.406 e. The monoisotopic (exact) mass is 384 g/mol. The molecule has 0 unspecified atom stereocenters. The van der Waals surface area contributed by atoms with Crippen molar-refractivity contribution in [2.75, 3.05) is 5.32 Å². The first kappa shape index (κ1) is 19.7. The van der Waals surface area contributed by atoms with E-state index in [1.807, 2.05) is 30.3 Å². The van der Waals surface area contributed by atoms with E-state index in [9.17, 15) is 9.59 Å². The van der Waals surface area contributed by atoms with E-state index in [4.69, 9.17) is 0 Å². The first-order chi connectivity index (χ1) is 13.1. The Morgan fingerprint density at radius 1 is 1.04 bits per heavy atom. The van der Waals surface area contributed by atoms with E-state index in [-0.39, 0.29) is 41.1 Å². The van der Waals surface area contributed by atoms with E-state index in [0.29, 0.717) is 17.2 Å². The third-order valence-electron chi connectivity index (χ3n) is 3.70. The standard InChI is InChI=1S/C17H13N8O2.Na/c1-9-20-15(25-17(27)21-9)23-13-7-3-4-10-11(13)5-2-6-12(10)22-14-18-8-19-16(26)24-14;/h2-7H,1H3,(H2,18,19,22,24,26)(H2,20,21,23,25,27);/q-1;+1. The van der Waals surface area contributed by atoms with Crippen molar-refractivity contribution in [3.63, 3.8) is 0 Å². The molecule has 0 aliphatic carbocycles. The molecule has 0 atom stereocenters. The van der Waals surface area contributed by atoms with Gasteiger partial charge in [0.15, 0.2) is 0 Å². The molecule has 2 aromatic carbocycles. The molecule has 0 saturated carbocycles. The van der Waals surface area contributed by atoms with Crippen molar-refractivity contribution in [3.05, 3.63) is 75.1 Å². The number of hydrogen-bond donors (Lipinski definition) is 4. The second-order valence-electron chi connectivity index (χ2n) is 5.60. The summed E-state index contributed by atoms with van der Waals surface area (Å²) in [6, 6.07) is 11.1. The fourth-order valence-corrected chi connectivity index (χ4v) is 2.63. The number of H-pyrrole nitrogens is 3. The van der Waals surface area contributed by atoms with Gasteiger partial charge in [0.1, 0.15) is 11.4 Å². The van der Waals surface area contributed by atoms with E-state index in [0.717, 1.165) is 10.8 Å². The summed E-state index contributed by atoms with van der Waals surface area (Å²) in [5, 5.41) is 4.72. The molecule has 0 amide bonds. The van der Waals surface area contributed by atoms with Crippen molar-refractivity contribution < 1.29 is 29.6 Å². The molecule has 10 nitrogen and oxygen atoms in total. The molecule has 4 rings (SSSR count). The molecule has 0 aliphatic rings. The van der Waals surface area contributed by atoms with Gasteiger partial charge in [-0.25, -0.2) is 4.79 Å². The van der Waals surface area contributed by atoms with Gasteiger partial charge in [0, 0.05) is 22.8 Å². The summed E-state index contributed by atoms with van der Waals surface area (Å²) in [7, 11) is 0. The van der Waals surface area contributed by atoms with Crippen LogP contribution in [0.2, 0.25) is 0 Å². The summed E-state index contributed by atoms with van der Waals surface area (Å²) in [6.07, 6.45) is 2.38. The number of nitrogens with one attached hydrogen (secondary N) is 4. The SMILES string of the molecule is Cc1nc(Nc2cccc3c(N=c4n[c-][nH]c(=O)[nH]4)cccc23)nc(=O)[nH]1.[Na+]. The van der Waals surface area contributed by atoms with Gasteiger partial charge in [-0.05, 0) is 19.1 Å². The molecule has 2 aromatic heterocycles. The van der Waals surface area contributed by atoms with Crippen LogP contribution in [0.25, 0.3) is 10.8 Å². The molecule has 0 aliphatic heterocycles. The summed E-state index contributed by atoms with van der Waals surface area (Å²) in [5.41, 5.74) is 0.533. The zero-order valence-corrected chi connectivity index (χ0v) is 17.1. The Balaban J connectivity index is 0.00000225. The van der Waals surface area contributed by atoms with Gasteiger partial charge in [-0.3, -0.25) is 9.98 Å². The molecule has 0 bridgehead atoms. The molecule has 4 aromatic rings. The Hall–Kier alpha value is -3.08. The van der Waals surface area contributed by atoms with Crippen molar-refractivity contribution in [1.82, 2.24) is 29.9 Å². The topological polar surface area (TPSA) is 145 Å². The summed E-state index contributed by atoms with van der Waals surface area (Å²) in [4.78, 5) is 46.4. The van der Waals surface area contributed by atoms with Crippen molar-refractivity contribution in [2.24, 2.45) is 4.99 Å². The van der Waals surface area contributed by atoms with Crippen LogP contribution in [-0.2, 0) is 0 Å². The maximum absolute atomic E-state index is 11.5. The van der Waals surface area contributed by atoms with Crippen molar-refractivity contribution in [3.8, 4) is 0 Å². The number of anilines is 2. The van der Waals surface area contributed by atoms with Crippen LogP contribution >= 0.6 is 0 Å². The first-order valence-corrected chi connectivity index (χ1v) is 7.94. The van der Waals surface area contributed by atoms with Gasteiger partial charge in [0.2, 0.25) is 11.6 Å². The van der Waals surface area contributed by atoms with Gasteiger partial charge >= 0.3 is 35.2 Å². The largest absolute Gasteiger partial charge is 1.00 e. The molecule has 2 heterocycles. The van der Waals surface area contributed by atoms with E-state index < -0.39 is 11.4 Å². The van der Waals surface area contributed by atoms with Gasteiger partial charge in [0.25, 0.3) is 0 Å². The van der Waals surface area contributed by atoms with Crippen molar-refractivity contribution >= 4 is 28.1 Å². The number of benzene rings is 2. The molecule has 4 N–H and O–H groups in total. The Bertz CT molecular complexity index is 1320. The van der Waals surface area contributed by atoms with Crippen LogP contribution in [0.3, 0.4) is 0 Å². The van der Waals surface area contributed by atoms with Crippen LogP contribution in [0, 0.1) is 13.3 Å². The third-order valence-corrected chi connectivity index (χ3v) is 3.70. The zero-order chi connectivity index (χ0) is 18.8. The molecular formula is C17H13N8NaO2. The predicted octanol–water partition coefficient (Wildman–Crippen LogP) is -2.18. The maximum Gasteiger partial charge on any atom is 1.00 e. The van der Waals surface area contributed by atoms with Crippen LogP contribution in [0.15, 0.2) is 51.0 Å². The van der Waals surface area contributed by atoms with Crippen LogP contribution in [0.5, 0.6) is 0 Å². The third kappa shape index (κ3) is 4.25. The maximum atomic E-state index is 11.5. The van der Waals surface area contributed by atoms with Crippen LogP contribution in [0.1, 0.15) is 5.82 Å². The second kappa shape index (κ2) is 8.30. The molecule has 0 spiro atoms. The van der Waals surface area contributed by atoms with Gasteiger partial charge in [0.05, 0.1) is 5.69 Å². The Morgan fingerprint density at radius 3 is 2.61 bits per heavy atom. The second-order valence-corrected chi connectivity index (χ2v) is 5.60. The molecule has 0 fully saturated rings. The molecule has 134 valence electrons.